The number of aromatic amines is 1. The summed E-state index contributed by atoms with van der Waals surface area (Å²) in [5.74, 6) is 0.749. The lowest BCUT2D eigenvalue weighted by Crippen LogP contribution is -2.26. The summed E-state index contributed by atoms with van der Waals surface area (Å²) in [6, 6.07) is 12.3. The fraction of sp³-hybridized carbons (Fsp3) is 0.350. The number of sulfonamides is 1. The van der Waals surface area contributed by atoms with Gasteiger partial charge in [0.1, 0.15) is 12.4 Å². The summed E-state index contributed by atoms with van der Waals surface area (Å²) in [6.45, 7) is 3.06. The molecule has 1 aromatic heterocycles. The largest absolute Gasteiger partial charge is 0.492 e. The molecule has 0 aliphatic rings. The van der Waals surface area contributed by atoms with Crippen molar-refractivity contribution in [2.24, 2.45) is 0 Å². The van der Waals surface area contributed by atoms with Crippen LogP contribution in [0.25, 0.3) is 10.9 Å². The topological polar surface area (TPSA) is 116 Å². The molecule has 0 saturated carbocycles. The monoisotopic (exact) mass is 452 g/mol. The van der Waals surface area contributed by atoms with Crippen molar-refractivity contribution in [3.63, 3.8) is 0 Å². The molecule has 10 heteroatoms. The number of hydrogen-bond donors (Lipinski definition) is 4. The van der Waals surface area contributed by atoms with E-state index in [4.69, 9.17) is 16.3 Å². The molecule has 30 heavy (non-hydrogen) atoms. The number of aliphatic hydroxyl groups is 1. The van der Waals surface area contributed by atoms with Crippen LogP contribution in [0.1, 0.15) is 25.0 Å². The molecule has 1 heterocycles. The average molecular weight is 453 g/mol. The Bertz CT molecular complexity index is 1090. The SMILES string of the molecule is CCCS(=O)(=O)Nc1cccc([C@@H](O)CNCCOc2ccc3c(Cl)n[nH]c3c2)c1. The van der Waals surface area contributed by atoms with Gasteiger partial charge in [-0.1, -0.05) is 30.7 Å². The predicted molar refractivity (Wildman–Crippen MR) is 119 cm³/mol. The third kappa shape index (κ3) is 6.09. The van der Waals surface area contributed by atoms with Crippen molar-refractivity contribution in [2.75, 3.05) is 30.2 Å². The Hall–Kier alpha value is -2.33. The summed E-state index contributed by atoms with van der Waals surface area (Å²) in [7, 11) is -3.37. The number of rotatable bonds is 11. The van der Waals surface area contributed by atoms with Crippen molar-refractivity contribution in [3.8, 4) is 5.75 Å². The summed E-state index contributed by atoms with van der Waals surface area (Å²) in [5.41, 5.74) is 1.87. The number of benzene rings is 2. The maximum atomic E-state index is 11.9. The number of nitrogens with one attached hydrogen (secondary N) is 3. The molecule has 0 spiro atoms. The average Bonchev–Trinajstić information content (AvgIpc) is 3.07. The molecule has 0 aliphatic heterocycles. The van der Waals surface area contributed by atoms with E-state index in [1.807, 2.05) is 18.2 Å². The molecule has 2 aromatic carbocycles. The molecule has 0 amide bonds. The number of aliphatic hydroxyl groups excluding tert-OH is 1. The molecule has 162 valence electrons. The molecule has 8 nitrogen and oxygen atoms in total. The Morgan fingerprint density at radius 1 is 1.27 bits per heavy atom. The van der Waals surface area contributed by atoms with Crippen molar-refractivity contribution in [1.29, 1.82) is 0 Å². The molecular formula is C20H25ClN4O4S. The minimum absolute atomic E-state index is 0.0572. The van der Waals surface area contributed by atoms with Gasteiger partial charge in [0.25, 0.3) is 0 Å². The van der Waals surface area contributed by atoms with Crippen molar-refractivity contribution in [2.45, 2.75) is 19.4 Å². The fourth-order valence-electron chi connectivity index (χ4n) is 2.96. The van der Waals surface area contributed by atoms with Crippen LogP contribution in [0.15, 0.2) is 42.5 Å². The molecule has 0 fully saturated rings. The van der Waals surface area contributed by atoms with Gasteiger partial charge in [-0.3, -0.25) is 9.82 Å². The summed E-state index contributed by atoms with van der Waals surface area (Å²) < 4.78 is 32.0. The second-order valence-electron chi connectivity index (χ2n) is 6.84. The molecule has 0 radical (unpaired) electrons. The van der Waals surface area contributed by atoms with Crippen LogP contribution in [0, 0.1) is 0 Å². The third-order valence-electron chi connectivity index (χ3n) is 4.39. The van der Waals surface area contributed by atoms with Crippen LogP contribution < -0.4 is 14.8 Å². The number of fused-ring (bicyclic) bond motifs is 1. The van der Waals surface area contributed by atoms with Crippen LogP contribution >= 0.6 is 11.6 Å². The van der Waals surface area contributed by atoms with E-state index in [2.05, 4.69) is 20.2 Å². The van der Waals surface area contributed by atoms with E-state index in [1.165, 1.54) is 0 Å². The molecular weight excluding hydrogens is 428 g/mol. The van der Waals surface area contributed by atoms with Crippen LogP contribution in [-0.4, -0.2) is 49.2 Å². The van der Waals surface area contributed by atoms with Gasteiger partial charge in [0.2, 0.25) is 10.0 Å². The van der Waals surface area contributed by atoms with Gasteiger partial charge in [-0.05, 0) is 36.2 Å². The normalized spacial score (nSPS) is 12.8. The second kappa shape index (κ2) is 10.1. The molecule has 0 saturated heterocycles. The van der Waals surface area contributed by atoms with E-state index < -0.39 is 16.1 Å². The van der Waals surface area contributed by atoms with Gasteiger partial charge in [-0.25, -0.2) is 8.42 Å². The number of aromatic nitrogens is 2. The Morgan fingerprint density at radius 2 is 2.10 bits per heavy atom. The Morgan fingerprint density at radius 3 is 2.90 bits per heavy atom. The highest BCUT2D eigenvalue weighted by Gasteiger charge is 2.12. The minimum Gasteiger partial charge on any atom is -0.492 e. The number of halogens is 1. The lowest BCUT2D eigenvalue weighted by Gasteiger charge is -2.14. The quantitative estimate of drug-likeness (QED) is 0.332. The number of H-pyrrole nitrogens is 1. The van der Waals surface area contributed by atoms with Gasteiger partial charge in [-0.15, -0.1) is 0 Å². The third-order valence-corrected chi connectivity index (χ3v) is 6.17. The van der Waals surface area contributed by atoms with Gasteiger partial charge < -0.3 is 15.2 Å². The highest BCUT2D eigenvalue weighted by molar-refractivity contribution is 7.92. The maximum absolute atomic E-state index is 11.9. The zero-order chi connectivity index (χ0) is 21.6. The van der Waals surface area contributed by atoms with Gasteiger partial charge in [0.05, 0.1) is 17.4 Å². The van der Waals surface area contributed by atoms with E-state index in [0.29, 0.717) is 48.3 Å². The van der Waals surface area contributed by atoms with Crippen molar-refractivity contribution < 1.29 is 18.3 Å². The number of nitrogens with zero attached hydrogens (tertiary/aromatic N) is 1. The molecule has 4 N–H and O–H groups in total. The van der Waals surface area contributed by atoms with Gasteiger partial charge >= 0.3 is 0 Å². The number of anilines is 1. The van der Waals surface area contributed by atoms with Crippen molar-refractivity contribution in [1.82, 2.24) is 15.5 Å². The zero-order valence-electron chi connectivity index (χ0n) is 16.6. The van der Waals surface area contributed by atoms with E-state index in [1.54, 1.807) is 31.2 Å². The minimum atomic E-state index is -3.37. The first-order valence-electron chi connectivity index (χ1n) is 9.63. The Balaban J connectivity index is 1.45. The van der Waals surface area contributed by atoms with E-state index >= 15 is 0 Å². The van der Waals surface area contributed by atoms with Crippen molar-refractivity contribution >= 4 is 38.2 Å². The van der Waals surface area contributed by atoms with Crippen LogP contribution in [0.5, 0.6) is 5.75 Å². The fourth-order valence-corrected chi connectivity index (χ4v) is 4.29. The maximum Gasteiger partial charge on any atom is 0.232 e. The van der Waals surface area contributed by atoms with Crippen LogP contribution in [0.4, 0.5) is 5.69 Å². The summed E-state index contributed by atoms with van der Waals surface area (Å²) in [5, 5.41) is 21.5. The Kier molecular flexibility index (Phi) is 7.54. The molecule has 0 bridgehead atoms. The van der Waals surface area contributed by atoms with Gasteiger partial charge in [0.15, 0.2) is 5.15 Å². The molecule has 0 aliphatic carbocycles. The first-order valence-corrected chi connectivity index (χ1v) is 11.7. The van der Waals surface area contributed by atoms with Gasteiger partial charge in [-0.2, -0.15) is 5.10 Å². The smallest absolute Gasteiger partial charge is 0.232 e. The van der Waals surface area contributed by atoms with E-state index in [9.17, 15) is 13.5 Å². The van der Waals surface area contributed by atoms with Crippen LogP contribution in [-0.2, 0) is 10.0 Å². The molecule has 1 atom stereocenters. The molecule has 0 unspecified atom stereocenters. The summed E-state index contributed by atoms with van der Waals surface area (Å²) >= 11 is 5.96. The van der Waals surface area contributed by atoms with Crippen LogP contribution in [0.3, 0.4) is 0 Å². The molecule has 3 aromatic rings. The standard InChI is InChI=1S/C20H25ClN4O4S/c1-2-10-30(27,28)25-15-5-3-4-14(11-15)19(26)13-22-8-9-29-16-6-7-17-18(12-16)23-24-20(17)21/h3-7,11-12,19,22,25-26H,2,8-10,13H2,1H3,(H,23,24)/t19-/m0/s1. The van der Waals surface area contributed by atoms with Crippen LogP contribution in [0.2, 0.25) is 5.15 Å². The van der Waals surface area contributed by atoms with E-state index in [-0.39, 0.29) is 5.75 Å². The molecule has 3 rings (SSSR count). The van der Waals surface area contributed by atoms with E-state index in [0.717, 1.165) is 10.9 Å². The second-order valence-corrected chi connectivity index (χ2v) is 9.04. The first kappa shape index (κ1) is 22.4. The number of ether oxygens (including phenoxy) is 1. The zero-order valence-corrected chi connectivity index (χ0v) is 18.1. The predicted octanol–water partition coefficient (Wildman–Crippen LogP) is 3.07. The number of hydrogen-bond acceptors (Lipinski definition) is 6. The van der Waals surface area contributed by atoms with Gasteiger partial charge in [0, 0.05) is 30.2 Å². The highest BCUT2D eigenvalue weighted by atomic mass is 35.5. The van der Waals surface area contributed by atoms with Crippen molar-refractivity contribution in [3.05, 3.63) is 53.2 Å². The lowest BCUT2D eigenvalue weighted by atomic mass is 10.1. The first-order chi connectivity index (χ1) is 14.4. The Labute approximate surface area is 180 Å². The summed E-state index contributed by atoms with van der Waals surface area (Å²) in [4.78, 5) is 0. The summed E-state index contributed by atoms with van der Waals surface area (Å²) in [6.07, 6.45) is -0.239. The highest BCUT2D eigenvalue weighted by Crippen LogP contribution is 2.24. The lowest BCUT2D eigenvalue weighted by molar-refractivity contribution is 0.172.